The molecule has 156 valence electrons. The summed E-state index contributed by atoms with van der Waals surface area (Å²) >= 11 is 0. The van der Waals surface area contributed by atoms with Crippen molar-refractivity contribution in [3.05, 3.63) is 53.3 Å². The van der Waals surface area contributed by atoms with Crippen molar-refractivity contribution in [1.82, 2.24) is 14.4 Å². The number of imidazole rings is 1. The van der Waals surface area contributed by atoms with Gasteiger partial charge in [-0.05, 0) is 50.5 Å². The van der Waals surface area contributed by atoms with Gasteiger partial charge in [-0.1, -0.05) is 80.5 Å². The summed E-state index contributed by atoms with van der Waals surface area (Å²) in [5, 5.41) is 0.991. The van der Waals surface area contributed by atoms with E-state index in [4.69, 9.17) is 12.7 Å². The van der Waals surface area contributed by atoms with E-state index < -0.39 is 0 Å². The van der Waals surface area contributed by atoms with E-state index in [0.29, 0.717) is 11.6 Å². The number of rotatable bonds is 0. The highest BCUT2D eigenvalue weighted by molar-refractivity contribution is 5.99. The van der Waals surface area contributed by atoms with Crippen LogP contribution in [0.1, 0.15) is 81.7 Å². The van der Waals surface area contributed by atoms with Crippen LogP contribution in [0.25, 0.3) is 27.6 Å². The first kappa shape index (κ1) is 17.3. The molecule has 4 aromatic rings. The van der Waals surface area contributed by atoms with Gasteiger partial charge in [0.05, 0.1) is 19.3 Å². The van der Waals surface area contributed by atoms with Crippen LogP contribution in [-0.4, -0.2) is 14.4 Å². The molecule has 0 fully saturated rings. The molecule has 2 aromatic carbocycles. The lowest BCUT2D eigenvalue weighted by molar-refractivity contribution is 0.125. The van der Waals surface area contributed by atoms with E-state index in [0.717, 1.165) is 33.2 Å². The molecule has 0 bridgehead atoms. The average Bonchev–Trinajstić information content (AvgIpc) is 3.12. The molecule has 3 nitrogen and oxygen atoms in total. The molecule has 0 amide bonds. The summed E-state index contributed by atoms with van der Waals surface area (Å²) in [7, 11) is 0. The third-order valence-electron chi connectivity index (χ3n) is 8.47. The van der Waals surface area contributed by atoms with Gasteiger partial charge in [-0.25, -0.2) is 9.97 Å². The van der Waals surface area contributed by atoms with Crippen molar-refractivity contribution >= 4 is 27.6 Å². The smallest absolute Gasteiger partial charge is 0.148 e. The fourth-order valence-electron chi connectivity index (χ4n) is 5.43. The van der Waals surface area contributed by atoms with Crippen molar-refractivity contribution in [2.75, 3.05) is 0 Å². The van der Waals surface area contributed by atoms with Gasteiger partial charge >= 0.3 is 0 Å². The lowest BCUT2D eigenvalue weighted by Crippen LogP contribution is -2.42. The number of benzene rings is 2. The number of hydrogen-bond donors (Lipinski definition) is 0. The van der Waals surface area contributed by atoms with Crippen molar-refractivity contribution in [1.29, 1.82) is 0 Å². The van der Waals surface area contributed by atoms with Crippen LogP contribution in [0.2, 0.25) is 0 Å². The Morgan fingerprint density at radius 3 is 2.33 bits per heavy atom. The van der Waals surface area contributed by atoms with Crippen molar-refractivity contribution in [3.63, 3.8) is 0 Å². The third-order valence-corrected chi connectivity index (χ3v) is 8.47. The van der Waals surface area contributed by atoms with Crippen LogP contribution in [0.3, 0.4) is 0 Å². The molecule has 5 rings (SSSR count). The van der Waals surface area contributed by atoms with Crippen LogP contribution < -0.4 is 0 Å². The summed E-state index contributed by atoms with van der Waals surface area (Å²) in [5.41, 5.74) is 6.03. The van der Waals surface area contributed by atoms with Gasteiger partial charge in [0, 0.05) is 5.39 Å². The molecule has 1 aliphatic carbocycles. The van der Waals surface area contributed by atoms with Gasteiger partial charge < -0.3 is 0 Å². The Labute approximate surface area is 182 Å². The lowest BCUT2D eigenvalue weighted by Gasteiger charge is -2.44. The van der Waals surface area contributed by atoms with E-state index in [1.54, 1.807) is 0 Å². The molecule has 2 heterocycles. The topological polar surface area (TPSA) is 30.2 Å². The highest BCUT2D eigenvalue weighted by Crippen LogP contribution is 2.62. The number of fused-ring (bicyclic) bond motifs is 7. The monoisotopic (exact) mass is 401 g/mol. The second kappa shape index (κ2) is 5.43. The van der Waals surface area contributed by atoms with Gasteiger partial charge in [0.1, 0.15) is 12.0 Å². The molecular weight excluding hydrogens is 366 g/mol. The van der Waals surface area contributed by atoms with E-state index >= 15 is 0 Å². The molecule has 0 aliphatic heterocycles. The van der Waals surface area contributed by atoms with E-state index in [2.05, 4.69) is 84.9 Å². The maximum atomic E-state index is 8.97. The molecule has 0 unspecified atom stereocenters. The average molecular weight is 402 g/mol. The normalized spacial score (nSPS) is 20.6. The van der Waals surface area contributed by atoms with E-state index in [1.807, 2.05) is 6.33 Å². The molecule has 2 aromatic heterocycles. The molecule has 0 spiro atoms. The number of nitrogens with zero attached hydrogens (tertiary/aromatic N) is 3. The number of aromatic nitrogens is 3. The molecule has 1 aliphatic rings. The summed E-state index contributed by atoms with van der Waals surface area (Å²) < 4.78 is 19.9. The second-order valence-corrected chi connectivity index (χ2v) is 11.6. The maximum Gasteiger partial charge on any atom is 0.148 e. The van der Waals surface area contributed by atoms with Crippen LogP contribution in [-0.2, 0) is 16.2 Å². The van der Waals surface area contributed by atoms with Crippen LogP contribution in [0.15, 0.2) is 36.6 Å². The predicted octanol–water partition coefficient (Wildman–Crippen LogP) is 6.93. The van der Waals surface area contributed by atoms with E-state index in [-0.39, 0.29) is 27.7 Å². The zero-order valence-electron chi connectivity index (χ0n) is 21.7. The van der Waals surface area contributed by atoms with Gasteiger partial charge in [-0.15, -0.1) is 0 Å². The van der Waals surface area contributed by atoms with E-state index in [1.165, 1.54) is 5.56 Å². The van der Waals surface area contributed by atoms with Crippen molar-refractivity contribution in [3.8, 4) is 0 Å². The highest BCUT2D eigenvalue weighted by Gasteiger charge is 2.57. The van der Waals surface area contributed by atoms with Gasteiger partial charge in [-0.2, -0.15) is 0 Å². The maximum absolute atomic E-state index is 8.97. The van der Waals surface area contributed by atoms with Crippen LogP contribution in [0, 0.1) is 5.41 Å². The van der Waals surface area contributed by atoms with E-state index in [9.17, 15) is 0 Å². The molecular formula is C27H33N3. The molecule has 3 heteroatoms. The zero-order chi connectivity index (χ0) is 23.6. The molecule has 30 heavy (non-hydrogen) atoms. The summed E-state index contributed by atoms with van der Waals surface area (Å²) in [6.45, 7) is 20.1. The molecule has 0 saturated heterocycles. The molecule has 0 saturated carbocycles. The number of hydrogen-bond acceptors (Lipinski definition) is 2. The zero-order valence-corrected chi connectivity index (χ0v) is 19.7. The summed E-state index contributed by atoms with van der Waals surface area (Å²) in [6.07, 6.45) is 1.87. The molecule has 0 radical (unpaired) electrons. The minimum absolute atomic E-state index is 0.0386. The first-order valence-electron chi connectivity index (χ1n) is 11.9. The van der Waals surface area contributed by atoms with Crippen LogP contribution in [0.4, 0.5) is 0 Å². The quantitative estimate of drug-likeness (QED) is 0.320. The fourth-order valence-corrected chi connectivity index (χ4v) is 5.43. The van der Waals surface area contributed by atoms with Gasteiger partial charge in [0.15, 0.2) is 0 Å². The lowest BCUT2D eigenvalue weighted by atomic mass is 9.59. The SMILES string of the molecule is [2H]c1c2c(c3c(nc4c5cccc(C(C)(C)C)c5ncn43)c1[2H])C(C)(C)C(C)(C)C2(C)C. The Morgan fingerprint density at radius 2 is 1.67 bits per heavy atom. The summed E-state index contributed by atoms with van der Waals surface area (Å²) in [4.78, 5) is 9.89. The standard InChI is InChI=1S/C27H33N3/c1-24(2,3)18-12-10-11-16-21(18)28-15-30-22-19(29-23(16)30)14-13-17-20(22)26(6,7)27(8,9)25(17,4)5/h10-15H,1-9H3/i13D,14D. The first-order chi connectivity index (χ1) is 14.6. The molecule has 0 N–H and O–H groups in total. The highest BCUT2D eigenvalue weighted by atomic mass is 15.1. The van der Waals surface area contributed by atoms with Gasteiger partial charge in [0.25, 0.3) is 0 Å². The largest absolute Gasteiger partial charge is 0.282 e. The first-order valence-corrected chi connectivity index (χ1v) is 10.9. The fraction of sp³-hybridized carbons (Fsp3) is 0.481. The van der Waals surface area contributed by atoms with Crippen LogP contribution in [0.5, 0.6) is 0 Å². The van der Waals surface area contributed by atoms with Crippen molar-refractivity contribution < 1.29 is 2.74 Å². The summed E-state index contributed by atoms with van der Waals surface area (Å²) in [5.74, 6) is 0. The van der Waals surface area contributed by atoms with Crippen LogP contribution >= 0.6 is 0 Å². The Balaban J connectivity index is 2.03. The minimum Gasteiger partial charge on any atom is -0.282 e. The Kier molecular flexibility index (Phi) is 3.13. The predicted molar refractivity (Wildman–Crippen MR) is 127 cm³/mol. The Morgan fingerprint density at radius 1 is 0.967 bits per heavy atom. The Hall–Kier alpha value is -2.42. The van der Waals surface area contributed by atoms with Crippen molar-refractivity contribution in [2.24, 2.45) is 5.41 Å². The third kappa shape index (κ3) is 2.11. The number of para-hydroxylation sites is 1. The van der Waals surface area contributed by atoms with Crippen molar-refractivity contribution in [2.45, 2.75) is 78.6 Å². The van der Waals surface area contributed by atoms with Gasteiger partial charge in [-0.3, -0.25) is 4.40 Å². The Bertz CT molecular complexity index is 1450. The summed E-state index contributed by atoms with van der Waals surface area (Å²) in [6, 6.07) is 6.81. The molecule has 0 atom stereocenters. The second-order valence-electron chi connectivity index (χ2n) is 11.6. The minimum atomic E-state index is -0.249. The van der Waals surface area contributed by atoms with Gasteiger partial charge in [0.2, 0.25) is 0 Å².